The topological polar surface area (TPSA) is 66.9 Å². The first kappa shape index (κ1) is 12.6. The van der Waals surface area contributed by atoms with Crippen LogP contribution in [0.5, 0.6) is 0 Å². The summed E-state index contributed by atoms with van der Waals surface area (Å²) in [4.78, 5) is 20.2. The van der Waals surface area contributed by atoms with Gasteiger partial charge in [-0.15, -0.1) is 0 Å². The second-order valence-corrected chi connectivity index (χ2v) is 4.90. The summed E-state index contributed by atoms with van der Waals surface area (Å²) >= 11 is 0. The third-order valence-corrected chi connectivity index (χ3v) is 3.32. The molecule has 1 aromatic carbocycles. The van der Waals surface area contributed by atoms with E-state index in [1.165, 1.54) is 11.8 Å². The van der Waals surface area contributed by atoms with Crippen LogP contribution in [0.15, 0.2) is 30.6 Å². The molecule has 0 aliphatic carbocycles. The molecule has 0 radical (unpaired) electrons. The van der Waals surface area contributed by atoms with Gasteiger partial charge in [0.2, 0.25) is 0 Å². The molecule has 1 aliphatic heterocycles. The summed E-state index contributed by atoms with van der Waals surface area (Å²) in [6.07, 6.45) is 5.31. The molecule has 0 unspecified atom stereocenters. The van der Waals surface area contributed by atoms with E-state index in [1.54, 1.807) is 6.20 Å². The van der Waals surface area contributed by atoms with E-state index in [1.807, 2.05) is 19.1 Å². The van der Waals surface area contributed by atoms with Gasteiger partial charge in [-0.3, -0.25) is 9.78 Å². The molecule has 0 fully saturated rings. The van der Waals surface area contributed by atoms with Gasteiger partial charge >= 0.3 is 0 Å². The fraction of sp³-hybridized carbons (Fsp3) is 0.267. The van der Waals surface area contributed by atoms with Gasteiger partial charge in [-0.05, 0) is 37.5 Å². The van der Waals surface area contributed by atoms with Crippen molar-refractivity contribution in [1.82, 2.24) is 9.97 Å². The van der Waals surface area contributed by atoms with Gasteiger partial charge in [-0.25, -0.2) is 4.98 Å². The number of carbonyl (C=O) groups excluding carboxylic acids is 1. The Morgan fingerprint density at radius 3 is 3.00 bits per heavy atom. The number of benzene rings is 1. The zero-order chi connectivity index (χ0) is 13.9. The van der Waals surface area contributed by atoms with Crippen molar-refractivity contribution in [2.45, 2.75) is 19.8 Å². The number of aromatic nitrogens is 2. The lowest BCUT2D eigenvalue weighted by Crippen LogP contribution is -2.16. The Morgan fingerprint density at radius 1 is 1.30 bits per heavy atom. The van der Waals surface area contributed by atoms with Crippen LogP contribution in [0.3, 0.4) is 0 Å². The molecular formula is C15H16N4O. The standard InChI is InChI=1S/C15H16N4O/c1-10-8-18-14(9-17-10)15(20)19-12-5-4-11-3-2-6-16-13(11)7-12/h4-5,7-9,16H,2-3,6H2,1H3,(H,19,20). The van der Waals surface area contributed by atoms with Crippen molar-refractivity contribution >= 4 is 17.3 Å². The summed E-state index contributed by atoms with van der Waals surface area (Å²) in [5.41, 5.74) is 4.28. The summed E-state index contributed by atoms with van der Waals surface area (Å²) in [6.45, 7) is 2.82. The normalized spacial score (nSPS) is 13.2. The lowest BCUT2D eigenvalue weighted by molar-refractivity contribution is 0.102. The number of amides is 1. The van der Waals surface area contributed by atoms with Gasteiger partial charge in [0, 0.05) is 24.1 Å². The second kappa shape index (κ2) is 5.28. The van der Waals surface area contributed by atoms with Crippen molar-refractivity contribution in [2.24, 2.45) is 0 Å². The highest BCUT2D eigenvalue weighted by atomic mass is 16.1. The minimum atomic E-state index is -0.242. The number of anilines is 2. The van der Waals surface area contributed by atoms with Gasteiger partial charge in [0.05, 0.1) is 11.9 Å². The maximum absolute atomic E-state index is 12.1. The van der Waals surface area contributed by atoms with Crippen LogP contribution in [-0.4, -0.2) is 22.4 Å². The van der Waals surface area contributed by atoms with Gasteiger partial charge in [0.15, 0.2) is 0 Å². The van der Waals surface area contributed by atoms with Crippen LogP contribution in [0.1, 0.15) is 28.2 Å². The molecule has 2 aromatic rings. The lowest BCUT2D eigenvalue weighted by Gasteiger charge is -2.18. The summed E-state index contributed by atoms with van der Waals surface area (Å²) < 4.78 is 0. The number of nitrogens with zero attached hydrogens (tertiary/aromatic N) is 2. The minimum absolute atomic E-state index is 0.242. The Kier molecular flexibility index (Phi) is 3.33. The largest absolute Gasteiger partial charge is 0.385 e. The molecule has 1 aliphatic rings. The van der Waals surface area contributed by atoms with Crippen LogP contribution >= 0.6 is 0 Å². The highest BCUT2D eigenvalue weighted by Crippen LogP contribution is 2.25. The Hall–Kier alpha value is -2.43. The van der Waals surface area contributed by atoms with Gasteiger partial charge in [-0.2, -0.15) is 0 Å². The molecule has 0 bridgehead atoms. The number of aryl methyl sites for hydroxylation is 2. The maximum Gasteiger partial charge on any atom is 0.275 e. The van der Waals surface area contributed by atoms with Gasteiger partial charge < -0.3 is 10.6 Å². The SMILES string of the molecule is Cc1cnc(C(=O)Nc2ccc3c(c2)NCCC3)cn1. The molecule has 1 amide bonds. The Bertz CT molecular complexity index is 637. The number of carbonyl (C=O) groups is 1. The molecular weight excluding hydrogens is 252 g/mol. The molecule has 1 aromatic heterocycles. The first-order valence-corrected chi connectivity index (χ1v) is 6.69. The van der Waals surface area contributed by atoms with E-state index in [4.69, 9.17) is 0 Å². The molecule has 5 nitrogen and oxygen atoms in total. The summed E-state index contributed by atoms with van der Waals surface area (Å²) in [7, 11) is 0. The second-order valence-electron chi connectivity index (χ2n) is 4.90. The molecule has 20 heavy (non-hydrogen) atoms. The predicted octanol–water partition coefficient (Wildman–Crippen LogP) is 2.40. The molecule has 0 spiro atoms. The van der Waals surface area contributed by atoms with E-state index in [0.29, 0.717) is 5.69 Å². The van der Waals surface area contributed by atoms with Crippen molar-refractivity contribution in [1.29, 1.82) is 0 Å². The fourth-order valence-electron chi connectivity index (χ4n) is 2.24. The average molecular weight is 268 g/mol. The van der Waals surface area contributed by atoms with Crippen molar-refractivity contribution in [3.05, 3.63) is 47.5 Å². The maximum atomic E-state index is 12.1. The van der Waals surface area contributed by atoms with Gasteiger partial charge in [-0.1, -0.05) is 6.07 Å². The Labute approximate surface area is 117 Å². The molecule has 2 heterocycles. The first-order valence-electron chi connectivity index (χ1n) is 6.69. The van der Waals surface area contributed by atoms with E-state index in [9.17, 15) is 4.79 Å². The highest BCUT2D eigenvalue weighted by molar-refractivity contribution is 6.02. The fourth-order valence-corrected chi connectivity index (χ4v) is 2.24. The first-order chi connectivity index (χ1) is 9.72. The van der Waals surface area contributed by atoms with Crippen LogP contribution < -0.4 is 10.6 Å². The van der Waals surface area contributed by atoms with Crippen LogP contribution in [-0.2, 0) is 6.42 Å². The number of rotatable bonds is 2. The van der Waals surface area contributed by atoms with Crippen molar-refractivity contribution in [3.8, 4) is 0 Å². The molecule has 102 valence electrons. The van der Waals surface area contributed by atoms with Crippen molar-refractivity contribution in [3.63, 3.8) is 0 Å². The van der Waals surface area contributed by atoms with E-state index in [2.05, 4.69) is 26.7 Å². The highest BCUT2D eigenvalue weighted by Gasteiger charge is 2.11. The molecule has 3 rings (SSSR count). The third-order valence-electron chi connectivity index (χ3n) is 3.32. The monoisotopic (exact) mass is 268 g/mol. The number of hydrogen-bond acceptors (Lipinski definition) is 4. The Morgan fingerprint density at radius 2 is 2.20 bits per heavy atom. The van der Waals surface area contributed by atoms with E-state index in [-0.39, 0.29) is 5.91 Å². The number of nitrogens with one attached hydrogen (secondary N) is 2. The summed E-state index contributed by atoms with van der Waals surface area (Å²) in [6, 6.07) is 5.94. The predicted molar refractivity (Wildman–Crippen MR) is 78.0 cm³/mol. The average Bonchev–Trinajstić information content (AvgIpc) is 2.48. The molecule has 0 atom stereocenters. The summed E-state index contributed by atoms with van der Waals surface area (Å²) in [5.74, 6) is -0.242. The zero-order valence-corrected chi connectivity index (χ0v) is 11.3. The molecule has 5 heteroatoms. The smallest absolute Gasteiger partial charge is 0.275 e. The molecule has 2 N–H and O–H groups in total. The number of fused-ring (bicyclic) bond motifs is 1. The van der Waals surface area contributed by atoms with Gasteiger partial charge in [0.25, 0.3) is 5.91 Å². The van der Waals surface area contributed by atoms with E-state index >= 15 is 0 Å². The number of hydrogen-bond donors (Lipinski definition) is 2. The van der Waals surface area contributed by atoms with Crippen molar-refractivity contribution in [2.75, 3.05) is 17.2 Å². The molecule has 0 saturated heterocycles. The van der Waals surface area contributed by atoms with Crippen LogP contribution in [0, 0.1) is 6.92 Å². The van der Waals surface area contributed by atoms with Crippen LogP contribution in [0.2, 0.25) is 0 Å². The molecule has 0 saturated carbocycles. The zero-order valence-electron chi connectivity index (χ0n) is 11.3. The minimum Gasteiger partial charge on any atom is -0.385 e. The third kappa shape index (κ3) is 2.61. The lowest BCUT2D eigenvalue weighted by atomic mass is 10.0. The van der Waals surface area contributed by atoms with E-state index < -0.39 is 0 Å². The van der Waals surface area contributed by atoms with E-state index in [0.717, 1.165) is 36.5 Å². The van der Waals surface area contributed by atoms with Crippen LogP contribution in [0.25, 0.3) is 0 Å². The summed E-state index contributed by atoms with van der Waals surface area (Å²) in [5, 5.41) is 6.19. The van der Waals surface area contributed by atoms with Gasteiger partial charge in [0.1, 0.15) is 5.69 Å². The Balaban J connectivity index is 1.77. The quantitative estimate of drug-likeness (QED) is 0.877. The van der Waals surface area contributed by atoms with Crippen molar-refractivity contribution < 1.29 is 4.79 Å². The van der Waals surface area contributed by atoms with Crippen LogP contribution in [0.4, 0.5) is 11.4 Å².